The van der Waals surface area contributed by atoms with Gasteiger partial charge in [0.2, 0.25) is 5.91 Å². The molecule has 2 amide bonds. The number of aliphatic hydroxyl groups is 1. The van der Waals surface area contributed by atoms with Crippen LogP contribution in [0.5, 0.6) is 11.5 Å². The van der Waals surface area contributed by atoms with Gasteiger partial charge in [0.05, 0.1) is 19.6 Å². The molecule has 252 valence electrons. The van der Waals surface area contributed by atoms with E-state index in [1.807, 2.05) is 13.8 Å². The molecule has 1 saturated heterocycles. The topological polar surface area (TPSA) is 135 Å². The second kappa shape index (κ2) is 16.0. The Kier molecular flexibility index (Phi) is 12.4. The standard InChI is InChI=1S/C35H54N2O8/c1-6-22(3)34(41)45-31-16-21(2)15-25-9-7-23(4)28(33(25)31)11-10-27-18-26(19-32(40)36-13-14-38)37(35(42)44-27)20-24-8-12-29(39)30(17-24)43-5/h8,12,17,21-23,25-28,31,33,38-39H,6-7,9-11,13-16,18-20H2,1-5H3,(H,36,40)/t21-,22-,23-,25-,26+,27+,28-,31-,33-/m0/s1. The summed E-state index contributed by atoms with van der Waals surface area (Å²) >= 11 is 0. The summed E-state index contributed by atoms with van der Waals surface area (Å²) < 4.78 is 17.5. The third-order valence-corrected chi connectivity index (χ3v) is 10.6. The van der Waals surface area contributed by atoms with Gasteiger partial charge in [-0.3, -0.25) is 9.59 Å². The number of ether oxygens (including phenoxy) is 3. The van der Waals surface area contributed by atoms with Gasteiger partial charge >= 0.3 is 12.1 Å². The highest BCUT2D eigenvalue weighted by Gasteiger charge is 2.47. The lowest BCUT2D eigenvalue weighted by molar-refractivity contribution is -0.167. The monoisotopic (exact) mass is 630 g/mol. The van der Waals surface area contributed by atoms with E-state index < -0.39 is 12.1 Å². The van der Waals surface area contributed by atoms with E-state index in [1.54, 1.807) is 17.0 Å². The van der Waals surface area contributed by atoms with Gasteiger partial charge in [-0.15, -0.1) is 0 Å². The molecule has 3 aliphatic rings. The number of phenols is 1. The van der Waals surface area contributed by atoms with Gasteiger partial charge in [0.1, 0.15) is 12.2 Å². The molecule has 0 spiro atoms. The van der Waals surface area contributed by atoms with Gasteiger partial charge in [0.15, 0.2) is 11.5 Å². The number of aliphatic hydroxyl groups excluding tert-OH is 1. The summed E-state index contributed by atoms with van der Waals surface area (Å²) in [5.41, 5.74) is 0.743. The highest BCUT2D eigenvalue weighted by molar-refractivity contribution is 5.78. The fourth-order valence-corrected chi connectivity index (χ4v) is 7.95. The van der Waals surface area contributed by atoms with Crippen LogP contribution < -0.4 is 10.1 Å². The number of aromatic hydroxyl groups is 1. The highest BCUT2D eigenvalue weighted by atomic mass is 16.6. The maximum atomic E-state index is 13.5. The zero-order valence-electron chi connectivity index (χ0n) is 27.7. The molecule has 0 radical (unpaired) electrons. The van der Waals surface area contributed by atoms with E-state index in [-0.39, 0.29) is 61.9 Å². The molecule has 9 atom stereocenters. The summed E-state index contributed by atoms with van der Waals surface area (Å²) in [5, 5.41) is 21.9. The second-order valence-electron chi connectivity index (χ2n) is 13.8. The van der Waals surface area contributed by atoms with Crippen LogP contribution in [0.1, 0.15) is 91.0 Å². The summed E-state index contributed by atoms with van der Waals surface area (Å²) in [4.78, 5) is 40.7. The van der Waals surface area contributed by atoms with Crippen LogP contribution in [0, 0.1) is 35.5 Å². The van der Waals surface area contributed by atoms with Crippen molar-refractivity contribution < 1.29 is 38.8 Å². The third-order valence-electron chi connectivity index (χ3n) is 10.6. The molecule has 10 heteroatoms. The molecule has 1 heterocycles. The Morgan fingerprint density at radius 2 is 1.93 bits per heavy atom. The lowest BCUT2D eigenvalue weighted by atomic mass is 9.58. The van der Waals surface area contributed by atoms with E-state index in [4.69, 9.17) is 14.2 Å². The minimum atomic E-state index is -0.473. The number of amides is 2. The number of methoxy groups -OCH3 is 1. The first kappa shape index (κ1) is 34.9. The van der Waals surface area contributed by atoms with E-state index >= 15 is 0 Å². The second-order valence-corrected chi connectivity index (χ2v) is 13.8. The summed E-state index contributed by atoms with van der Waals surface area (Å²) in [5.74, 6) is 2.06. The highest BCUT2D eigenvalue weighted by Crippen LogP contribution is 2.51. The molecule has 10 nitrogen and oxygen atoms in total. The Labute approximate surface area is 268 Å². The van der Waals surface area contributed by atoms with Gasteiger partial charge in [-0.1, -0.05) is 40.2 Å². The predicted molar refractivity (Wildman–Crippen MR) is 169 cm³/mol. The summed E-state index contributed by atoms with van der Waals surface area (Å²) in [7, 11) is 1.47. The zero-order valence-corrected chi connectivity index (χ0v) is 27.7. The maximum absolute atomic E-state index is 13.5. The predicted octanol–water partition coefficient (Wildman–Crippen LogP) is 5.43. The molecule has 0 aromatic heterocycles. The number of benzene rings is 1. The first-order chi connectivity index (χ1) is 21.5. The van der Waals surface area contributed by atoms with E-state index in [9.17, 15) is 24.6 Å². The molecular weight excluding hydrogens is 576 g/mol. The van der Waals surface area contributed by atoms with Crippen LogP contribution in [0.25, 0.3) is 0 Å². The number of nitrogens with one attached hydrogen (secondary N) is 1. The van der Waals surface area contributed by atoms with Gasteiger partial charge in [-0.2, -0.15) is 0 Å². The molecule has 45 heavy (non-hydrogen) atoms. The molecular formula is C35H54N2O8. The number of carbonyl (C=O) groups excluding carboxylic acids is 3. The largest absolute Gasteiger partial charge is 0.504 e. The van der Waals surface area contributed by atoms with E-state index in [2.05, 4.69) is 19.2 Å². The van der Waals surface area contributed by atoms with Gasteiger partial charge in [-0.05, 0) is 79.9 Å². The Balaban J connectivity index is 1.48. The molecule has 4 rings (SSSR count). The van der Waals surface area contributed by atoms with E-state index in [0.29, 0.717) is 48.2 Å². The van der Waals surface area contributed by atoms with Crippen molar-refractivity contribution in [1.29, 1.82) is 0 Å². The molecule has 0 unspecified atom stereocenters. The minimum absolute atomic E-state index is 0.00551. The third kappa shape index (κ3) is 8.83. The molecule has 1 aromatic rings. The number of cyclic esters (lactones) is 1. The average molecular weight is 631 g/mol. The Hall–Kier alpha value is -3.01. The smallest absolute Gasteiger partial charge is 0.410 e. The average Bonchev–Trinajstić information content (AvgIpc) is 3.01. The molecule has 2 saturated carbocycles. The van der Waals surface area contributed by atoms with Crippen LogP contribution in [-0.4, -0.2) is 71.6 Å². The number of esters is 1. The molecule has 0 bridgehead atoms. The number of hydrogen-bond donors (Lipinski definition) is 3. The summed E-state index contributed by atoms with van der Waals surface area (Å²) in [6.07, 6.45) is 6.38. The Morgan fingerprint density at radius 3 is 2.64 bits per heavy atom. The number of phenolic OH excluding ortho intramolecular Hbond substituents is 1. The van der Waals surface area contributed by atoms with Gasteiger partial charge in [0.25, 0.3) is 0 Å². The SMILES string of the molecule is CC[C@H](C)C(=O)O[C@H]1C[C@@H](C)C[C@@H]2CC[C@H](C)[C@H](CC[C@@H]3C[C@H](CC(=O)NCCO)N(Cc4ccc(O)c(OC)c4)C(=O)O3)[C@H]21. The number of hydrogen-bond acceptors (Lipinski definition) is 8. The van der Waals surface area contributed by atoms with Crippen LogP contribution >= 0.6 is 0 Å². The Morgan fingerprint density at radius 1 is 1.16 bits per heavy atom. The fraction of sp³-hybridized carbons (Fsp3) is 0.743. The lowest BCUT2D eigenvalue weighted by Crippen LogP contribution is -2.51. The van der Waals surface area contributed by atoms with E-state index in [1.165, 1.54) is 13.2 Å². The molecule has 3 N–H and O–H groups in total. The molecule has 1 aromatic carbocycles. The van der Waals surface area contributed by atoms with Crippen molar-refractivity contribution in [3.8, 4) is 11.5 Å². The number of carbonyl (C=O) groups is 3. The summed E-state index contributed by atoms with van der Waals surface area (Å²) in [6.45, 7) is 8.72. The van der Waals surface area contributed by atoms with Crippen LogP contribution in [-0.2, 0) is 25.6 Å². The zero-order chi connectivity index (χ0) is 32.7. The Bertz CT molecular complexity index is 1160. The van der Waals surface area contributed by atoms with Crippen LogP contribution in [0.15, 0.2) is 18.2 Å². The van der Waals surface area contributed by atoms with Crippen molar-refractivity contribution in [3.63, 3.8) is 0 Å². The molecule has 3 fully saturated rings. The number of fused-ring (bicyclic) bond motifs is 1. The normalized spacial score (nSPS) is 30.5. The van der Waals surface area contributed by atoms with Gasteiger partial charge < -0.3 is 34.6 Å². The van der Waals surface area contributed by atoms with Crippen molar-refractivity contribution in [2.75, 3.05) is 20.3 Å². The van der Waals surface area contributed by atoms with Crippen molar-refractivity contribution in [3.05, 3.63) is 23.8 Å². The van der Waals surface area contributed by atoms with E-state index in [0.717, 1.165) is 44.1 Å². The van der Waals surface area contributed by atoms with Crippen LogP contribution in [0.2, 0.25) is 0 Å². The molecule has 1 aliphatic heterocycles. The van der Waals surface area contributed by atoms with Crippen molar-refractivity contribution in [2.45, 2.75) is 110 Å². The first-order valence-electron chi connectivity index (χ1n) is 17.0. The lowest BCUT2D eigenvalue weighted by Gasteiger charge is -2.50. The van der Waals surface area contributed by atoms with Crippen molar-refractivity contribution in [2.24, 2.45) is 35.5 Å². The number of rotatable bonds is 13. The minimum Gasteiger partial charge on any atom is -0.504 e. The van der Waals surface area contributed by atoms with Crippen molar-refractivity contribution in [1.82, 2.24) is 10.2 Å². The fourth-order valence-electron chi connectivity index (χ4n) is 7.95. The first-order valence-corrected chi connectivity index (χ1v) is 17.0. The van der Waals surface area contributed by atoms with Gasteiger partial charge in [-0.25, -0.2) is 4.79 Å². The van der Waals surface area contributed by atoms with Crippen LogP contribution in [0.4, 0.5) is 4.79 Å². The summed E-state index contributed by atoms with van der Waals surface area (Å²) in [6, 6.07) is 4.52. The quantitative estimate of drug-likeness (QED) is 0.246. The number of nitrogens with zero attached hydrogens (tertiary/aromatic N) is 1. The maximum Gasteiger partial charge on any atom is 0.410 e. The van der Waals surface area contributed by atoms with Crippen LogP contribution in [0.3, 0.4) is 0 Å². The van der Waals surface area contributed by atoms with Gasteiger partial charge in [0, 0.05) is 37.9 Å². The molecule has 2 aliphatic carbocycles. The van der Waals surface area contributed by atoms with Crippen molar-refractivity contribution >= 4 is 18.0 Å².